The van der Waals surface area contributed by atoms with Crippen molar-refractivity contribution in [3.63, 3.8) is 0 Å². The molecule has 0 aliphatic carbocycles. The molecule has 13 heavy (non-hydrogen) atoms. The molecule has 0 amide bonds. The van der Waals surface area contributed by atoms with E-state index in [0.717, 1.165) is 0 Å². The van der Waals surface area contributed by atoms with E-state index in [9.17, 15) is 0 Å². The third-order valence-electron chi connectivity index (χ3n) is 2.03. The monoisotopic (exact) mass is 180 g/mol. The lowest BCUT2D eigenvalue weighted by molar-refractivity contribution is 0.342. The van der Waals surface area contributed by atoms with E-state index in [4.69, 9.17) is 5.73 Å². The predicted octanol–water partition coefficient (Wildman–Crippen LogP) is 0.813. The van der Waals surface area contributed by atoms with Crippen molar-refractivity contribution < 1.29 is 0 Å². The second kappa shape index (κ2) is 4.07. The van der Waals surface area contributed by atoms with Crippen molar-refractivity contribution in [3.05, 3.63) is 12.3 Å². The molecule has 0 aromatic rings. The van der Waals surface area contributed by atoms with Gasteiger partial charge in [-0.3, -0.25) is 0 Å². The van der Waals surface area contributed by atoms with Crippen molar-refractivity contribution in [1.29, 1.82) is 0 Å². The Morgan fingerprint density at radius 3 is 2.77 bits per heavy atom. The number of aliphatic imine (C=N–C) groups is 2. The number of nitrogens with two attached hydrogens (primary N) is 1. The van der Waals surface area contributed by atoms with Crippen LogP contribution in [0.2, 0.25) is 0 Å². The molecule has 2 rings (SSSR count). The van der Waals surface area contributed by atoms with Gasteiger partial charge in [0.2, 0.25) is 0 Å². The molecule has 0 fully saturated rings. The number of amidine groups is 1. The molecule has 4 nitrogen and oxygen atoms in total. The van der Waals surface area contributed by atoms with Crippen molar-refractivity contribution in [3.8, 4) is 0 Å². The first kappa shape index (κ1) is 9.77. The van der Waals surface area contributed by atoms with E-state index < -0.39 is 0 Å². The maximum Gasteiger partial charge on any atom is 0.135 e. The molecule has 72 valence electrons. The van der Waals surface area contributed by atoms with E-state index in [1.807, 2.05) is 38.1 Å². The van der Waals surface area contributed by atoms with Crippen molar-refractivity contribution in [2.45, 2.75) is 20.0 Å². The fraction of sp³-hybridized carbons (Fsp3) is 0.556. The van der Waals surface area contributed by atoms with Gasteiger partial charge in [-0.2, -0.15) is 0 Å². The first-order valence-corrected chi connectivity index (χ1v) is 4.54. The van der Waals surface area contributed by atoms with Crippen molar-refractivity contribution >= 4 is 12.2 Å². The Morgan fingerprint density at radius 1 is 1.46 bits per heavy atom. The highest BCUT2D eigenvalue weighted by Crippen LogP contribution is 2.22. The zero-order valence-corrected chi connectivity index (χ0v) is 8.31. The average molecular weight is 180 g/mol. The van der Waals surface area contributed by atoms with E-state index in [-0.39, 0.29) is 12.1 Å². The highest BCUT2D eigenvalue weighted by Gasteiger charge is 2.30. The Bertz CT molecular complexity index is 254. The van der Waals surface area contributed by atoms with Crippen LogP contribution in [0, 0.1) is 5.92 Å². The maximum atomic E-state index is 5.66. The van der Waals surface area contributed by atoms with Crippen LogP contribution in [0.15, 0.2) is 22.3 Å². The molecule has 0 radical (unpaired) electrons. The van der Waals surface area contributed by atoms with Gasteiger partial charge >= 0.3 is 0 Å². The number of hydrogen-bond acceptors (Lipinski definition) is 4. The number of fused-ring (bicyclic) bond motifs is 1. The van der Waals surface area contributed by atoms with Gasteiger partial charge in [-0.05, 0) is 6.20 Å². The second-order valence-electron chi connectivity index (χ2n) is 2.76. The molecule has 2 N–H and O–H groups in total. The molecule has 2 unspecified atom stereocenters. The minimum Gasteiger partial charge on any atom is -0.386 e. The summed E-state index contributed by atoms with van der Waals surface area (Å²) in [5.74, 6) is 0.843. The highest BCUT2D eigenvalue weighted by atomic mass is 15.3. The van der Waals surface area contributed by atoms with E-state index in [2.05, 4.69) is 9.98 Å². The van der Waals surface area contributed by atoms with Gasteiger partial charge < -0.3 is 10.6 Å². The molecule has 2 atom stereocenters. The molecule has 2 aliphatic rings. The molecule has 4 heteroatoms. The second-order valence-corrected chi connectivity index (χ2v) is 2.76. The third kappa shape index (κ3) is 1.71. The van der Waals surface area contributed by atoms with Crippen LogP contribution in [0.25, 0.3) is 0 Å². The van der Waals surface area contributed by atoms with E-state index in [1.165, 1.54) is 6.34 Å². The lowest BCUT2D eigenvalue weighted by Crippen LogP contribution is -2.37. The summed E-state index contributed by atoms with van der Waals surface area (Å²) in [5, 5.41) is 0. The van der Waals surface area contributed by atoms with Crippen LogP contribution in [0.3, 0.4) is 0 Å². The molecule has 0 aromatic heterocycles. The molecular weight excluding hydrogens is 164 g/mol. The fourth-order valence-corrected chi connectivity index (χ4v) is 1.37. The standard InChI is InChI=1S/C7H10N4.C2H6/c1-11-3-2-5-6(8)9-4-10-7(5)11;1-2/h2-5,7H,1H3,(H2,8,9,10);1-2H3. The van der Waals surface area contributed by atoms with E-state index in [1.54, 1.807) is 0 Å². The molecule has 2 heterocycles. The van der Waals surface area contributed by atoms with Crippen LogP contribution in [0.1, 0.15) is 13.8 Å². The first-order chi connectivity index (χ1) is 6.29. The van der Waals surface area contributed by atoms with Crippen molar-refractivity contribution in [1.82, 2.24) is 4.90 Å². The zero-order valence-electron chi connectivity index (χ0n) is 8.31. The molecule has 2 aliphatic heterocycles. The lowest BCUT2D eigenvalue weighted by Gasteiger charge is -2.23. The smallest absolute Gasteiger partial charge is 0.135 e. The van der Waals surface area contributed by atoms with Crippen LogP contribution in [0.5, 0.6) is 0 Å². The predicted molar refractivity (Wildman–Crippen MR) is 55.6 cm³/mol. The number of hydrogen-bond donors (Lipinski definition) is 1. The average Bonchev–Trinajstić information content (AvgIpc) is 2.53. The van der Waals surface area contributed by atoms with Crippen molar-refractivity contribution in [2.75, 3.05) is 7.05 Å². The van der Waals surface area contributed by atoms with Gasteiger partial charge in [-0.15, -0.1) is 0 Å². The summed E-state index contributed by atoms with van der Waals surface area (Å²) in [4.78, 5) is 10.2. The zero-order chi connectivity index (χ0) is 9.84. The Balaban J connectivity index is 0.000000396. The summed E-state index contributed by atoms with van der Waals surface area (Å²) in [6, 6.07) is 0. The minimum atomic E-state index is 0.146. The van der Waals surface area contributed by atoms with Crippen molar-refractivity contribution in [2.24, 2.45) is 21.6 Å². The Hall–Kier alpha value is -1.32. The summed E-state index contributed by atoms with van der Waals surface area (Å²) >= 11 is 0. The Morgan fingerprint density at radius 2 is 2.15 bits per heavy atom. The summed E-state index contributed by atoms with van der Waals surface area (Å²) in [7, 11) is 1.98. The van der Waals surface area contributed by atoms with E-state index >= 15 is 0 Å². The summed E-state index contributed by atoms with van der Waals surface area (Å²) in [6.45, 7) is 4.00. The van der Waals surface area contributed by atoms with Crippen LogP contribution < -0.4 is 5.73 Å². The highest BCUT2D eigenvalue weighted by molar-refractivity contribution is 5.93. The van der Waals surface area contributed by atoms with Gasteiger partial charge in [0.05, 0.1) is 5.92 Å². The summed E-state index contributed by atoms with van der Waals surface area (Å²) in [5.41, 5.74) is 5.66. The minimum absolute atomic E-state index is 0.146. The summed E-state index contributed by atoms with van der Waals surface area (Å²) < 4.78 is 0. The summed E-state index contributed by atoms with van der Waals surface area (Å²) in [6.07, 6.45) is 5.69. The molecule has 0 bridgehead atoms. The van der Waals surface area contributed by atoms with Crippen LogP contribution in [-0.2, 0) is 0 Å². The number of nitrogens with zero attached hydrogens (tertiary/aromatic N) is 3. The van der Waals surface area contributed by atoms with Gasteiger partial charge in [0.15, 0.2) is 0 Å². The molecule has 0 spiro atoms. The molecule has 0 saturated heterocycles. The first-order valence-electron chi connectivity index (χ1n) is 4.54. The van der Waals surface area contributed by atoms with Crippen LogP contribution in [0.4, 0.5) is 0 Å². The van der Waals surface area contributed by atoms with Gasteiger partial charge in [0.1, 0.15) is 18.3 Å². The van der Waals surface area contributed by atoms with Crippen LogP contribution >= 0.6 is 0 Å². The number of rotatable bonds is 0. The maximum absolute atomic E-state index is 5.66. The van der Waals surface area contributed by atoms with Gasteiger partial charge in [0.25, 0.3) is 0 Å². The Labute approximate surface area is 78.9 Å². The fourth-order valence-electron chi connectivity index (χ4n) is 1.37. The Kier molecular flexibility index (Phi) is 3.06. The topological polar surface area (TPSA) is 54.0 Å². The molecule has 0 saturated carbocycles. The van der Waals surface area contributed by atoms with Gasteiger partial charge in [-0.1, -0.05) is 19.9 Å². The molecular formula is C9H16N4. The molecule has 0 aromatic carbocycles. The van der Waals surface area contributed by atoms with Crippen LogP contribution in [-0.4, -0.2) is 30.3 Å². The largest absolute Gasteiger partial charge is 0.386 e. The normalized spacial score (nSPS) is 29.2. The lowest BCUT2D eigenvalue weighted by atomic mass is 10.1. The van der Waals surface area contributed by atoms with Gasteiger partial charge in [0, 0.05) is 7.05 Å². The third-order valence-corrected chi connectivity index (χ3v) is 2.03. The quantitative estimate of drug-likeness (QED) is 0.600. The van der Waals surface area contributed by atoms with Gasteiger partial charge in [-0.25, -0.2) is 9.98 Å². The van der Waals surface area contributed by atoms with E-state index in [0.29, 0.717) is 5.84 Å². The SMILES string of the molecule is CC.CN1C=CC2C(N)=NC=NC21.